The van der Waals surface area contributed by atoms with E-state index in [4.69, 9.17) is 0 Å². The Morgan fingerprint density at radius 2 is 1.50 bits per heavy atom. The summed E-state index contributed by atoms with van der Waals surface area (Å²) in [6, 6.07) is 9.29. The average molecular weight is 167 g/mol. The number of benzene rings is 1. The first kappa shape index (κ1) is 11.1. The Morgan fingerprint density at radius 1 is 1.08 bits per heavy atom. The van der Waals surface area contributed by atoms with Crippen molar-refractivity contribution in [1.29, 1.82) is 0 Å². The summed E-state index contributed by atoms with van der Waals surface area (Å²) in [5.41, 5.74) is 0.854. The van der Waals surface area contributed by atoms with Crippen molar-refractivity contribution in [2.75, 3.05) is 21.1 Å². The van der Waals surface area contributed by atoms with Gasteiger partial charge in [-0.1, -0.05) is 35.9 Å². The number of quaternary nitrogens is 1. The Morgan fingerprint density at radius 3 is 1.75 bits per heavy atom. The lowest BCUT2D eigenvalue weighted by Crippen LogP contribution is -3.02. The SMILES string of the molecule is C[NH+](C)C.[O-]Cc1ccccc1. The predicted molar refractivity (Wildman–Crippen MR) is 48.9 cm³/mol. The topological polar surface area (TPSA) is 27.5 Å². The molecule has 0 atom stereocenters. The minimum absolute atomic E-state index is 0.110. The highest BCUT2D eigenvalue weighted by molar-refractivity contribution is 5.12. The van der Waals surface area contributed by atoms with Crippen molar-refractivity contribution >= 4 is 0 Å². The van der Waals surface area contributed by atoms with Crippen LogP contribution in [0, 0.1) is 0 Å². The lowest BCUT2D eigenvalue weighted by atomic mass is 10.2. The molecule has 0 saturated heterocycles. The second-order valence-electron chi connectivity index (χ2n) is 3.13. The summed E-state index contributed by atoms with van der Waals surface area (Å²) in [4.78, 5) is 1.42. The molecule has 0 spiro atoms. The average Bonchev–Trinajstić information content (AvgIpc) is 2.05. The monoisotopic (exact) mass is 167 g/mol. The molecule has 12 heavy (non-hydrogen) atoms. The van der Waals surface area contributed by atoms with E-state index in [1.165, 1.54) is 4.90 Å². The highest BCUT2D eigenvalue weighted by Gasteiger charge is 1.75. The molecule has 1 aromatic carbocycles. The fraction of sp³-hybridized carbons (Fsp3) is 0.400. The first-order valence-electron chi connectivity index (χ1n) is 4.05. The summed E-state index contributed by atoms with van der Waals surface area (Å²) in [5.74, 6) is 0. The molecule has 0 unspecified atom stereocenters. The van der Waals surface area contributed by atoms with E-state index >= 15 is 0 Å². The van der Waals surface area contributed by atoms with Gasteiger partial charge in [0, 0.05) is 0 Å². The van der Waals surface area contributed by atoms with Crippen LogP contribution in [0.2, 0.25) is 0 Å². The summed E-state index contributed by atoms with van der Waals surface area (Å²) >= 11 is 0. The van der Waals surface area contributed by atoms with E-state index in [1.807, 2.05) is 30.3 Å². The van der Waals surface area contributed by atoms with Crippen molar-refractivity contribution in [1.82, 2.24) is 0 Å². The third kappa shape index (κ3) is 7.25. The molecule has 1 aromatic rings. The summed E-state index contributed by atoms with van der Waals surface area (Å²) in [6.07, 6.45) is 0. The molecule has 0 aliphatic heterocycles. The van der Waals surface area contributed by atoms with E-state index < -0.39 is 0 Å². The van der Waals surface area contributed by atoms with Crippen molar-refractivity contribution < 1.29 is 10.0 Å². The molecule has 0 fully saturated rings. The molecule has 0 aliphatic rings. The fourth-order valence-corrected chi connectivity index (χ4v) is 0.574. The van der Waals surface area contributed by atoms with Crippen LogP contribution in [-0.4, -0.2) is 21.1 Å². The van der Waals surface area contributed by atoms with Gasteiger partial charge in [0.2, 0.25) is 0 Å². The Balaban J connectivity index is 0.000000261. The van der Waals surface area contributed by atoms with Crippen LogP contribution in [0.5, 0.6) is 0 Å². The highest BCUT2D eigenvalue weighted by atomic mass is 16.3. The van der Waals surface area contributed by atoms with Crippen molar-refractivity contribution in [3.05, 3.63) is 35.9 Å². The second-order valence-corrected chi connectivity index (χ2v) is 3.13. The van der Waals surface area contributed by atoms with Gasteiger partial charge in [-0.05, 0) is 0 Å². The first-order valence-corrected chi connectivity index (χ1v) is 4.05. The van der Waals surface area contributed by atoms with E-state index in [1.54, 1.807) is 0 Å². The third-order valence-electron chi connectivity index (χ3n) is 1.01. The van der Waals surface area contributed by atoms with Crippen molar-refractivity contribution in [2.24, 2.45) is 0 Å². The molecule has 1 N–H and O–H groups in total. The third-order valence-corrected chi connectivity index (χ3v) is 1.01. The predicted octanol–water partition coefficient (Wildman–Crippen LogP) is -0.692. The molecule has 0 aromatic heterocycles. The van der Waals surface area contributed by atoms with Gasteiger partial charge < -0.3 is 10.0 Å². The number of rotatable bonds is 1. The zero-order chi connectivity index (χ0) is 9.40. The molecule has 0 saturated carbocycles. The molecule has 2 heteroatoms. The molecular weight excluding hydrogens is 150 g/mol. The van der Waals surface area contributed by atoms with Crippen LogP contribution >= 0.6 is 0 Å². The normalized spacial score (nSPS) is 9.08. The molecular formula is C10H17NO. The summed E-state index contributed by atoms with van der Waals surface area (Å²) in [5, 5.41) is 10.1. The highest BCUT2D eigenvalue weighted by Crippen LogP contribution is 1.93. The van der Waals surface area contributed by atoms with Crippen LogP contribution < -0.4 is 10.0 Å². The maximum Gasteiger partial charge on any atom is 0.0661 e. The van der Waals surface area contributed by atoms with Crippen LogP contribution in [-0.2, 0) is 6.61 Å². The molecule has 0 radical (unpaired) electrons. The van der Waals surface area contributed by atoms with Crippen molar-refractivity contribution in [3.63, 3.8) is 0 Å². The minimum atomic E-state index is -0.110. The molecule has 0 aliphatic carbocycles. The van der Waals surface area contributed by atoms with Crippen LogP contribution in [0.1, 0.15) is 5.56 Å². The standard InChI is InChI=1S/C7H7O.C3H9N/c8-6-7-4-2-1-3-5-7;1-4(2)3/h1-5H,6H2;1-3H3/q-1;/p+1. The largest absolute Gasteiger partial charge is 0.851 e. The lowest BCUT2D eigenvalue weighted by Gasteiger charge is -2.00. The van der Waals surface area contributed by atoms with E-state index in [-0.39, 0.29) is 6.61 Å². The molecule has 1 rings (SSSR count). The van der Waals surface area contributed by atoms with Gasteiger partial charge in [0.25, 0.3) is 0 Å². The fourth-order valence-electron chi connectivity index (χ4n) is 0.574. The molecule has 0 bridgehead atoms. The Hall–Kier alpha value is -0.860. The van der Waals surface area contributed by atoms with Crippen molar-refractivity contribution in [2.45, 2.75) is 6.61 Å². The lowest BCUT2D eigenvalue weighted by molar-refractivity contribution is -0.836. The zero-order valence-electron chi connectivity index (χ0n) is 8.00. The van der Waals surface area contributed by atoms with Gasteiger partial charge in [-0.15, -0.1) is 6.61 Å². The van der Waals surface area contributed by atoms with Gasteiger partial charge in [-0.3, -0.25) is 0 Å². The maximum atomic E-state index is 10.1. The van der Waals surface area contributed by atoms with Gasteiger partial charge in [0.1, 0.15) is 0 Å². The first-order chi connectivity index (χ1) is 5.66. The van der Waals surface area contributed by atoms with Gasteiger partial charge >= 0.3 is 0 Å². The minimum Gasteiger partial charge on any atom is -0.851 e. The second kappa shape index (κ2) is 6.83. The zero-order valence-corrected chi connectivity index (χ0v) is 8.00. The smallest absolute Gasteiger partial charge is 0.0661 e. The summed E-state index contributed by atoms with van der Waals surface area (Å²) < 4.78 is 0. The summed E-state index contributed by atoms with van der Waals surface area (Å²) in [6.45, 7) is -0.110. The van der Waals surface area contributed by atoms with Crippen LogP contribution in [0.4, 0.5) is 0 Å². The number of hydrogen-bond acceptors (Lipinski definition) is 1. The van der Waals surface area contributed by atoms with Gasteiger partial charge in [0.15, 0.2) is 0 Å². The van der Waals surface area contributed by atoms with Gasteiger partial charge in [-0.2, -0.15) is 0 Å². The van der Waals surface area contributed by atoms with E-state index in [0.717, 1.165) is 5.56 Å². The van der Waals surface area contributed by atoms with E-state index in [9.17, 15) is 5.11 Å². The number of nitrogens with one attached hydrogen (secondary N) is 1. The molecule has 0 amide bonds. The van der Waals surface area contributed by atoms with Crippen LogP contribution in [0.3, 0.4) is 0 Å². The summed E-state index contributed by atoms with van der Waals surface area (Å²) in [7, 11) is 6.25. The van der Waals surface area contributed by atoms with Gasteiger partial charge in [0.05, 0.1) is 21.1 Å². The molecule has 0 heterocycles. The van der Waals surface area contributed by atoms with Crippen LogP contribution in [0.15, 0.2) is 30.3 Å². The molecule has 2 nitrogen and oxygen atoms in total. The van der Waals surface area contributed by atoms with E-state index in [2.05, 4.69) is 21.1 Å². The van der Waals surface area contributed by atoms with Gasteiger partial charge in [-0.25, -0.2) is 0 Å². The Labute approximate surface area is 74.5 Å². The Kier molecular flexibility index (Phi) is 6.34. The van der Waals surface area contributed by atoms with Crippen molar-refractivity contribution in [3.8, 4) is 0 Å². The van der Waals surface area contributed by atoms with Crippen LogP contribution in [0.25, 0.3) is 0 Å². The Bertz CT molecular complexity index is 182. The quantitative estimate of drug-likeness (QED) is 0.589. The number of hydrogen-bond donors (Lipinski definition) is 1. The maximum absolute atomic E-state index is 10.1. The van der Waals surface area contributed by atoms with E-state index in [0.29, 0.717) is 0 Å². The molecule has 68 valence electrons.